The highest BCUT2D eigenvalue weighted by atomic mass is 32.1. The van der Waals surface area contributed by atoms with Crippen LogP contribution in [0.25, 0.3) is 87.4 Å². The van der Waals surface area contributed by atoms with Crippen molar-refractivity contribution in [2.45, 2.75) is 6.42 Å². The van der Waals surface area contributed by atoms with E-state index in [2.05, 4.69) is 145 Å². The number of hydrogen-bond donors (Lipinski definition) is 0. The lowest BCUT2D eigenvalue weighted by Gasteiger charge is -2.20. The Morgan fingerprint density at radius 3 is 1.79 bits per heavy atom. The summed E-state index contributed by atoms with van der Waals surface area (Å²) in [6.07, 6.45) is 4.70. The second-order valence-corrected chi connectivity index (χ2v) is 13.4. The molecule has 0 amide bonds. The van der Waals surface area contributed by atoms with Crippen LogP contribution < -0.4 is 0 Å². The van der Waals surface area contributed by atoms with E-state index >= 15 is 0 Å². The van der Waals surface area contributed by atoms with Gasteiger partial charge in [-0.1, -0.05) is 121 Å². The van der Waals surface area contributed by atoms with E-state index in [0.717, 1.165) is 28.9 Å². The van der Waals surface area contributed by atoms with Crippen LogP contribution in [0.4, 0.5) is 0 Å². The summed E-state index contributed by atoms with van der Waals surface area (Å²) in [5.74, 6) is 0. The number of nitrogens with zero attached hydrogens (tertiary/aromatic N) is 2. The smallest absolute Gasteiger partial charge is 0.0708 e. The molecule has 224 valence electrons. The van der Waals surface area contributed by atoms with Crippen LogP contribution in [0.3, 0.4) is 0 Å². The van der Waals surface area contributed by atoms with Gasteiger partial charge in [-0.05, 0) is 95.2 Å². The summed E-state index contributed by atoms with van der Waals surface area (Å²) in [6, 6.07) is 50.8. The molecule has 3 heterocycles. The van der Waals surface area contributed by atoms with Crippen molar-refractivity contribution in [2.24, 2.45) is 0 Å². The molecular weight excluding hydrogens is 601 g/mol. The Labute approximate surface area is 282 Å². The van der Waals surface area contributed by atoms with E-state index < -0.39 is 0 Å². The average molecular weight is 629 g/mol. The SMILES string of the molecule is c1ccc(-c2c3c(c(-c4ccccc4)c4ccccc24)-c2ccc(-c4ccc(Cc5nccc6sccc56)cn4)c4cccc-3c24)cc1. The van der Waals surface area contributed by atoms with Crippen molar-refractivity contribution in [3.8, 4) is 55.8 Å². The summed E-state index contributed by atoms with van der Waals surface area (Å²) in [5.41, 5.74) is 14.7. The number of pyridine rings is 2. The molecule has 3 aromatic heterocycles. The van der Waals surface area contributed by atoms with Gasteiger partial charge in [-0.3, -0.25) is 9.97 Å². The molecule has 0 radical (unpaired) electrons. The first-order valence-corrected chi connectivity index (χ1v) is 17.2. The first kappa shape index (κ1) is 27.2. The van der Waals surface area contributed by atoms with Gasteiger partial charge in [0.25, 0.3) is 0 Å². The molecule has 0 spiro atoms. The molecular formula is C45H28N2S. The second kappa shape index (κ2) is 10.8. The van der Waals surface area contributed by atoms with Crippen LogP contribution >= 0.6 is 11.3 Å². The molecule has 0 bridgehead atoms. The molecule has 0 unspecified atom stereocenters. The van der Waals surface area contributed by atoms with Gasteiger partial charge in [-0.2, -0.15) is 0 Å². The lowest BCUT2D eigenvalue weighted by atomic mass is 9.82. The Kier molecular flexibility index (Phi) is 6.15. The summed E-state index contributed by atoms with van der Waals surface area (Å²) in [5, 5.41) is 8.45. The molecule has 10 rings (SSSR count). The largest absolute Gasteiger partial charge is 0.260 e. The van der Waals surface area contributed by atoms with Crippen LogP contribution in [-0.4, -0.2) is 9.97 Å². The van der Waals surface area contributed by atoms with Crippen LogP contribution in [-0.2, 0) is 6.42 Å². The second-order valence-electron chi connectivity index (χ2n) is 12.5. The molecule has 3 heteroatoms. The fourth-order valence-electron chi connectivity index (χ4n) is 7.81. The van der Waals surface area contributed by atoms with Crippen LogP contribution in [0, 0.1) is 0 Å². The van der Waals surface area contributed by atoms with Crippen LogP contribution in [0.5, 0.6) is 0 Å². The minimum absolute atomic E-state index is 0.762. The van der Waals surface area contributed by atoms with Crippen LogP contribution in [0.15, 0.2) is 157 Å². The van der Waals surface area contributed by atoms with Crippen LogP contribution in [0.1, 0.15) is 11.3 Å². The number of fused-ring (bicyclic) bond motifs is 5. The normalized spacial score (nSPS) is 11.8. The van der Waals surface area contributed by atoms with E-state index in [1.165, 1.54) is 76.1 Å². The average Bonchev–Trinajstić information content (AvgIpc) is 3.77. The van der Waals surface area contributed by atoms with E-state index in [9.17, 15) is 0 Å². The van der Waals surface area contributed by atoms with Crippen molar-refractivity contribution in [2.75, 3.05) is 0 Å². The van der Waals surface area contributed by atoms with Crippen LogP contribution in [0.2, 0.25) is 0 Å². The zero-order chi connectivity index (χ0) is 31.6. The predicted octanol–water partition coefficient (Wildman–Crippen LogP) is 12.2. The van der Waals surface area contributed by atoms with Crippen molar-refractivity contribution in [3.05, 3.63) is 169 Å². The van der Waals surface area contributed by atoms with Gasteiger partial charge in [0.1, 0.15) is 0 Å². The fourth-order valence-corrected chi connectivity index (χ4v) is 8.61. The number of thiophene rings is 1. The number of benzene rings is 6. The standard InChI is InChI=1S/C45H28N2S/c1-3-10-29(11-4-1)41-33-14-7-8-15-34(33)42(30-12-5-2-6-13-30)45-37-20-19-31(32-16-9-17-36(43(32)37)44(41)45)38-21-18-28(27-47-38)26-39-35-23-25-48-40(35)22-24-46-39/h1-25,27H,26H2. The molecule has 48 heavy (non-hydrogen) atoms. The lowest BCUT2D eigenvalue weighted by molar-refractivity contribution is 1.08. The van der Waals surface area contributed by atoms with Crippen molar-refractivity contribution in [3.63, 3.8) is 0 Å². The molecule has 1 aliphatic carbocycles. The monoisotopic (exact) mass is 628 g/mol. The maximum atomic E-state index is 5.04. The Bertz CT molecular complexity index is 2580. The Hall–Kier alpha value is -5.90. The number of hydrogen-bond acceptors (Lipinski definition) is 3. The van der Waals surface area contributed by atoms with Crippen molar-refractivity contribution in [1.82, 2.24) is 9.97 Å². The third kappa shape index (κ3) is 4.11. The summed E-state index contributed by atoms with van der Waals surface area (Å²) in [7, 11) is 0. The van der Waals surface area contributed by atoms with Crippen molar-refractivity contribution < 1.29 is 0 Å². The third-order valence-electron chi connectivity index (χ3n) is 9.85. The minimum atomic E-state index is 0.762. The highest BCUT2D eigenvalue weighted by Gasteiger charge is 2.31. The van der Waals surface area contributed by atoms with Gasteiger partial charge in [0.05, 0.1) is 11.4 Å². The van der Waals surface area contributed by atoms with Crippen molar-refractivity contribution >= 4 is 43.0 Å². The van der Waals surface area contributed by atoms with E-state index in [4.69, 9.17) is 9.97 Å². The minimum Gasteiger partial charge on any atom is -0.260 e. The molecule has 1 aliphatic rings. The molecule has 0 aliphatic heterocycles. The zero-order valence-corrected chi connectivity index (χ0v) is 26.8. The van der Waals surface area contributed by atoms with E-state index in [-0.39, 0.29) is 0 Å². The van der Waals surface area contributed by atoms with E-state index in [1.807, 2.05) is 12.4 Å². The van der Waals surface area contributed by atoms with Gasteiger partial charge in [-0.25, -0.2) is 0 Å². The summed E-state index contributed by atoms with van der Waals surface area (Å²) < 4.78 is 1.28. The zero-order valence-electron chi connectivity index (χ0n) is 26.0. The first-order valence-electron chi connectivity index (χ1n) is 16.4. The van der Waals surface area contributed by atoms with E-state index in [0.29, 0.717) is 0 Å². The summed E-state index contributed by atoms with van der Waals surface area (Å²) in [6.45, 7) is 0. The summed E-state index contributed by atoms with van der Waals surface area (Å²) >= 11 is 1.76. The predicted molar refractivity (Wildman–Crippen MR) is 202 cm³/mol. The molecule has 0 saturated carbocycles. The van der Waals surface area contributed by atoms with E-state index in [1.54, 1.807) is 11.3 Å². The van der Waals surface area contributed by atoms with Gasteiger partial charge in [0.15, 0.2) is 0 Å². The molecule has 0 N–H and O–H groups in total. The highest BCUT2D eigenvalue weighted by molar-refractivity contribution is 7.17. The first-order chi connectivity index (χ1) is 23.8. The number of rotatable bonds is 5. The Balaban J connectivity index is 1.19. The van der Waals surface area contributed by atoms with Gasteiger partial charge < -0.3 is 0 Å². The lowest BCUT2D eigenvalue weighted by Crippen LogP contribution is -1.94. The quantitative estimate of drug-likeness (QED) is 0.189. The maximum Gasteiger partial charge on any atom is 0.0708 e. The summed E-state index contributed by atoms with van der Waals surface area (Å²) in [4.78, 5) is 9.74. The Morgan fingerprint density at radius 2 is 1.10 bits per heavy atom. The maximum absolute atomic E-state index is 5.04. The van der Waals surface area contributed by atoms with Crippen molar-refractivity contribution in [1.29, 1.82) is 0 Å². The Morgan fingerprint density at radius 1 is 0.458 bits per heavy atom. The highest BCUT2D eigenvalue weighted by Crippen LogP contribution is 2.58. The molecule has 0 fully saturated rings. The van der Waals surface area contributed by atoms with Gasteiger partial charge in [0.2, 0.25) is 0 Å². The van der Waals surface area contributed by atoms with Gasteiger partial charge >= 0.3 is 0 Å². The van der Waals surface area contributed by atoms with Gasteiger partial charge in [0, 0.05) is 34.5 Å². The molecule has 9 aromatic rings. The molecule has 0 saturated heterocycles. The van der Waals surface area contributed by atoms with Gasteiger partial charge in [-0.15, -0.1) is 11.3 Å². The molecule has 0 atom stereocenters. The third-order valence-corrected chi connectivity index (χ3v) is 10.7. The topological polar surface area (TPSA) is 25.8 Å². The molecule has 6 aromatic carbocycles. The molecule has 2 nitrogen and oxygen atoms in total. The number of aromatic nitrogens is 2. The fraction of sp³-hybridized carbons (Fsp3) is 0.0222.